The summed E-state index contributed by atoms with van der Waals surface area (Å²) in [4.78, 5) is 0. The van der Waals surface area contributed by atoms with Gasteiger partial charge in [-0.05, 0) is 55.2 Å². The second-order valence-electron chi connectivity index (χ2n) is 7.49. The van der Waals surface area contributed by atoms with Gasteiger partial charge in [0, 0.05) is 0 Å². The zero-order valence-electron chi connectivity index (χ0n) is 18.3. The first-order chi connectivity index (χ1) is 12.8. The van der Waals surface area contributed by atoms with Crippen molar-refractivity contribution in [1.82, 2.24) is 0 Å². The van der Waals surface area contributed by atoms with Gasteiger partial charge >= 0.3 is 0 Å². The van der Waals surface area contributed by atoms with Crippen molar-refractivity contribution in [1.29, 1.82) is 0 Å². The van der Waals surface area contributed by atoms with Gasteiger partial charge in [-0.15, -0.1) is 13.2 Å². The van der Waals surface area contributed by atoms with E-state index in [1.54, 1.807) is 16.7 Å². The van der Waals surface area contributed by atoms with Crippen LogP contribution in [0.15, 0.2) is 31.4 Å². The Bertz CT molecular complexity index is 388. The monoisotopic (exact) mass is 358 g/mol. The first kappa shape index (κ1) is 25.0. The lowest BCUT2D eigenvalue weighted by Gasteiger charge is -2.15. The average Bonchev–Trinajstić information content (AvgIpc) is 2.68. The highest BCUT2D eigenvalue weighted by Gasteiger charge is 2.08. The van der Waals surface area contributed by atoms with Crippen molar-refractivity contribution in [2.24, 2.45) is 0 Å². The van der Waals surface area contributed by atoms with Gasteiger partial charge in [0.1, 0.15) is 0 Å². The Kier molecular flexibility index (Phi) is 18.0. The molecule has 1 aromatic carbocycles. The number of hydrogen-bond acceptors (Lipinski definition) is 0. The summed E-state index contributed by atoms with van der Waals surface area (Å²) < 4.78 is 0. The molecule has 0 bridgehead atoms. The highest BCUT2D eigenvalue weighted by molar-refractivity contribution is 5.36. The SMILES string of the molecule is C=C.CCCCCCc1cccc(CCCCCC)c1CCCCCC. The molecule has 0 N–H and O–H groups in total. The van der Waals surface area contributed by atoms with Crippen LogP contribution in [0.5, 0.6) is 0 Å². The van der Waals surface area contributed by atoms with Gasteiger partial charge in [-0.2, -0.15) is 0 Å². The Morgan fingerprint density at radius 3 is 1.31 bits per heavy atom. The molecule has 0 aliphatic rings. The van der Waals surface area contributed by atoms with Crippen LogP contribution in [0.25, 0.3) is 0 Å². The fourth-order valence-corrected chi connectivity index (χ4v) is 3.69. The summed E-state index contributed by atoms with van der Waals surface area (Å²) in [5.74, 6) is 0. The number of rotatable bonds is 15. The predicted octanol–water partition coefficient (Wildman–Crippen LogP) is 8.86. The Morgan fingerprint density at radius 1 is 0.538 bits per heavy atom. The molecule has 0 amide bonds. The summed E-state index contributed by atoms with van der Waals surface area (Å²) in [6.07, 6.45) is 20.4. The molecule has 0 saturated heterocycles. The van der Waals surface area contributed by atoms with Crippen molar-refractivity contribution in [3.8, 4) is 0 Å². The first-order valence-corrected chi connectivity index (χ1v) is 11.4. The maximum atomic E-state index is 3.00. The minimum atomic E-state index is 1.30. The normalized spacial score (nSPS) is 10.4. The molecule has 150 valence electrons. The average molecular weight is 359 g/mol. The third-order valence-corrected chi connectivity index (χ3v) is 5.25. The maximum Gasteiger partial charge on any atom is -0.0273 e. The van der Waals surface area contributed by atoms with Crippen molar-refractivity contribution in [3.05, 3.63) is 48.0 Å². The molecule has 1 rings (SSSR count). The summed E-state index contributed by atoms with van der Waals surface area (Å²) in [7, 11) is 0. The molecule has 0 radical (unpaired) electrons. The molecule has 1 aromatic rings. The summed E-state index contributed by atoms with van der Waals surface area (Å²) in [5, 5.41) is 0. The van der Waals surface area contributed by atoms with Gasteiger partial charge < -0.3 is 0 Å². The van der Waals surface area contributed by atoms with Gasteiger partial charge in [-0.1, -0.05) is 96.8 Å². The second kappa shape index (κ2) is 18.7. The Morgan fingerprint density at radius 2 is 0.923 bits per heavy atom. The number of hydrogen-bond donors (Lipinski definition) is 0. The zero-order chi connectivity index (χ0) is 19.5. The molecule has 0 atom stereocenters. The van der Waals surface area contributed by atoms with E-state index in [1.165, 1.54) is 96.3 Å². The third kappa shape index (κ3) is 11.6. The van der Waals surface area contributed by atoms with E-state index in [0.29, 0.717) is 0 Å². The van der Waals surface area contributed by atoms with Crippen molar-refractivity contribution in [2.45, 2.75) is 117 Å². The zero-order valence-corrected chi connectivity index (χ0v) is 18.3. The van der Waals surface area contributed by atoms with Gasteiger partial charge in [-0.3, -0.25) is 0 Å². The van der Waals surface area contributed by atoms with Gasteiger partial charge in [0.15, 0.2) is 0 Å². The molecule has 0 heterocycles. The second-order valence-corrected chi connectivity index (χ2v) is 7.49. The van der Waals surface area contributed by atoms with Crippen LogP contribution in [-0.4, -0.2) is 0 Å². The Hall–Kier alpha value is -1.04. The van der Waals surface area contributed by atoms with Gasteiger partial charge in [0.05, 0.1) is 0 Å². The highest BCUT2D eigenvalue weighted by atomic mass is 14.1. The van der Waals surface area contributed by atoms with Crippen molar-refractivity contribution < 1.29 is 0 Å². The molecule has 0 heteroatoms. The van der Waals surface area contributed by atoms with Crippen molar-refractivity contribution >= 4 is 0 Å². The Labute approximate surface area is 165 Å². The largest absolute Gasteiger partial charge is 0.106 e. The minimum absolute atomic E-state index is 1.30. The molecule has 0 aromatic heterocycles. The molecular formula is C26H46. The summed E-state index contributed by atoms with van der Waals surface area (Å²) >= 11 is 0. The van der Waals surface area contributed by atoms with Crippen LogP contribution in [0.4, 0.5) is 0 Å². The van der Waals surface area contributed by atoms with E-state index in [4.69, 9.17) is 0 Å². The van der Waals surface area contributed by atoms with Crippen LogP contribution in [0.2, 0.25) is 0 Å². The highest BCUT2D eigenvalue weighted by Crippen LogP contribution is 2.23. The van der Waals surface area contributed by atoms with Crippen molar-refractivity contribution in [3.63, 3.8) is 0 Å². The van der Waals surface area contributed by atoms with E-state index < -0.39 is 0 Å². The van der Waals surface area contributed by atoms with Crippen LogP contribution >= 0.6 is 0 Å². The molecule has 0 aliphatic carbocycles. The Balaban J connectivity index is 0.00000301. The smallest absolute Gasteiger partial charge is 0.0273 e. The quantitative estimate of drug-likeness (QED) is 0.217. The van der Waals surface area contributed by atoms with Gasteiger partial charge in [0.2, 0.25) is 0 Å². The molecular weight excluding hydrogens is 312 g/mol. The molecule has 0 saturated carbocycles. The first-order valence-electron chi connectivity index (χ1n) is 11.4. The summed E-state index contributed by atoms with van der Waals surface area (Å²) in [6, 6.07) is 7.15. The minimum Gasteiger partial charge on any atom is -0.106 e. The molecule has 0 fully saturated rings. The molecule has 0 aliphatic heterocycles. The predicted molar refractivity (Wildman–Crippen MR) is 121 cm³/mol. The van der Waals surface area contributed by atoms with Crippen LogP contribution in [-0.2, 0) is 19.3 Å². The molecule has 0 unspecified atom stereocenters. The number of unbranched alkanes of at least 4 members (excludes halogenated alkanes) is 9. The summed E-state index contributed by atoms with van der Waals surface area (Å²) in [6.45, 7) is 12.9. The standard InChI is InChI=1S/C24H42.C2H4/c1-4-7-10-13-17-22-19-16-20-23(18-14-11-8-5-2)24(22)21-15-12-9-6-3;1-2/h16,19-20H,4-15,17-18,21H2,1-3H3;1-2H2. The lowest BCUT2D eigenvalue weighted by Crippen LogP contribution is -2.02. The third-order valence-electron chi connectivity index (χ3n) is 5.25. The molecule has 0 nitrogen and oxygen atoms in total. The van der Waals surface area contributed by atoms with Gasteiger partial charge in [0.25, 0.3) is 0 Å². The van der Waals surface area contributed by atoms with E-state index >= 15 is 0 Å². The van der Waals surface area contributed by atoms with Crippen LogP contribution in [0, 0.1) is 0 Å². The fraction of sp³-hybridized carbons (Fsp3) is 0.692. The summed E-state index contributed by atoms with van der Waals surface area (Å²) in [5.41, 5.74) is 5.05. The van der Waals surface area contributed by atoms with Crippen LogP contribution < -0.4 is 0 Å². The lowest BCUT2D eigenvalue weighted by atomic mass is 9.90. The molecule has 0 spiro atoms. The number of benzene rings is 1. The topological polar surface area (TPSA) is 0 Å². The van der Waals surface area contributed by atoms with Gasteiger partial charge in [-0.25, -0.2) is 0 Å². The molecule has 26 heavy (non-hydrogen) atoms. The maximum absolute atomic E-state index is 3.00. The van der Waals surface area contributed by atoms with Crippen LogP contribution in [0.1, 0.15) is 115 Å². The van der Waals surface area contributed by atoms with E-state index in [1.807, 2.05) is 0 Å². The van der Waals surface area contributed by atoms with E-state index in [2.05, 4.69) is 52.1 Å². The lowest BCUT2D eigenvalue weighted by molar-refractivity contribution is 0.639. The van der Waals surface area contributed by atoms with E-state index in [0.717, 1.165) is 0 Å². The fourth-order valence-electron chi connectivity index (χ4n) is 3.69. The number of aryl methyl sites for hydroxylation is 2. The van der Waals surface area contributed by atoms with Crippen molar-refractivity contribution in [2.75, 3.05) is 0 Å². The van der Waals surface area contributed by atoms with E-state index in [-0.39, 0.29) is 0 Å². The van der Waals surface area contributed by atoms with Crippen LogP contribution in [0.3, 0.4) is 0 Å². The van der Waals surface area contributed by atoms with E-state index in [9.17, 15) is 0 Å².